The maximum absolute atomic E-state index is 8.73. The lowest BCUT2D eigenvalue weighted by molar-refractivity contribution is 0.322. The highest BCUT2D eigenvalue weighted by molar-refractivity contribution is 7.10. The number of rotatable bonds is 4. The summed E-state index contributed by atoms with van der Waals surface area (Å²) in [6.45, 7) is 1.76. The molecule has 2 rings (SSSR count). The second-order valence-electron chi connectivity index (χ2n) is 4.02. The molecule has 0 bridgehead atoms. The summed E-state index contributed by atoms with van der Waals surface area (Å²) in [5, 5.41) is 15.1. The summed E-state index contributed by atoms with van der Waals surface area (Å²) in [5.41, 5.74) is 2.38. The van der Waals surface area contributed by atoms with Crippen LogP contribution in [0.3, 0.4) is 0 Å². The quantitative estimate of drug-likeness (QED) is 0.869. The van der Waals surface area contributed by atoms with E-state index in [1.165, 1.54) is 10.4 Å². The van der Waals surface area contributed by atoms with E-state index in [1.54, 1.807) is 22.7 Å². The summed E-state index contributed by atoms with van der Waals surface area (Å²) in [6.07, 6.45) is 0. The number of aliphatic hydroxyl groups excluding tert-OH is 1. The molecule has 1 N–H and O–H groups in total. The number of hydrogen-bond donors (Lipinski definition) is 1. The highest BCUT2D eigenvalue weighted by Gasteiger charge is 2.06. The fourth-order valence-electron chi connectivity index (χ4n) is 1.70. The maximum Gasteiger partial charge on any atom is 0.104 e. The van der Waals surface area contributed by atoms with E-state index in [4.69, 9.17) is 5.11 Å². The molecule has 0 aliphatic carbocycles. The molecule has 18 heavy (non-hydrogen) atoms. The van der Waals surface area contributed by atoms with Crippen LogP contribution in [0.4, 0.5) is 0 Å². The standard InChI is InChI=1S/C14H15NOS2/c1-15(9-12-4-7-17-11-12)10-14-13(3-2-6-16)5-8-18-14/h4-5,7-8,11,16H,6,9-10H2,1H3. The van der Waals surface area contributed by atoms with Crippen molar-refractivity contribution < 1.29 is 5.11 Å². The van der Waals surface area contributed by atoms with E-state index in [0.29, 0.717) is 0 Å². The predicted molar refractivity (Wildman–Crippen MR) is 77.8 cm³/mol. The van der Waals surface area contributed by atoms with Gasteiger partial charge in [-0.3, -0.25) is 4.90 Å². The number of nitrogens with zero attached hydrogens (tertiary/aromatic N) is 1. The molecule has 2 nitrogen and oxygen atoms in total. The molecule has 0 unspecified atom stereocenters. The van der Waals surface area contributed by atoms with Crippen LogP contribution < -0.4 is 0 Å². The SMILES string of the molecule is CN(Cc1ccsc1)Cc1sccc1C#CCO. The van der Waals surface area contributed by atoms with Gasteiger partial charge in [0, 0.05) is 23.5 Å². The summed E-state index contributed by atoms with van der Waals surface area (Å²) >= 11 is 3.45. The maximum atomic E-state index is 8.73. The largest absolute Gasteiger partial charge is 0.384 e. The highest BCUT2D eigenvalue weighted by atomic mass is 32.1. The van der Waals surface area contributed by atoms with Gasteiger partial charge in [0.2, 0.25) is 0 Å². The van der Waals surface area contributed by atoms with Crippen molar-refractivity contribution in [3.63, 3.8) is 0 Å². The Balaban J connectivity index is 1.98. The topological polar surface area (TPSA) is 23.5 Å². The lowest BCUT2D eigenvalue weighted by Gasteiger charge is -2.15. The fraction of sp³-hybridized carbons (Fsp3) is 0.286. The highest BCUT2D eigenvalue weighted by Crippen LogP contribution is 2.19. The van der Waals surface area contributed by atoms with E-state index in [1.807, 2.05) is 6.07 Å². The minimum absolute atomic E-state index is 0.0833. The molecule has 0 saturated heterocycles. The van der Waals surface area contributed by atoms with Crippen molar-refractivity contribution in [2.45, 2.75) is 13.1 Å². The fourth-order valence-corrected chi connectivity index (χ4v) is 3.27. The Hall–Kier alpha value is -1.12. The second-order valence-corrected chi connectivity index (χ2v) is 5.80. The van der Waals surface area contributed by atoms with Crippen LogP contribution in [0, 0.1) is 11.8 Å². The predicted octanol–water partition coefficient (Wildman–Crippen LogP) is 2.79. The molecule has 0 aliphatic rings. The van der Waals surface area contributed by atoms with Crippen LogP contribution in [-0.2, 0) is 13.1 Å². The van der Waals surface area contributed by atoms with Crippen LogP contribution in [0.1, 0.15) is 16.0 Å². The molecule has 0 aromatic carbocycles. The van der Waals surface area contributed by atoms with Gasteiger partial charge in [0.1, 0.15) is 6.61 Å². The lowest BCUT2D eigenvalue weighted by Crippen LogP contribution is -2.16. The normalized spacial score (nSPS) is 10.4. The molecule has 2 aromatic rings. The molecular formula is C14H15NOS2. The van der Waals surface area contributed by atoms with Gasteiger partial charge in [-0.1, -0.05) is 11.8 Å². The van der Waals surface area contributed by atoms with Crippen LogP contribution in [0.25, 0.3) is 0 Å². The molecule has 0 atom stereocenters. The van der Waals surface area contributed by atoms with Crippen molar-refractivity contribution in [3.05, 3.63) is 44.3 Å². The summed E-state index contributed by atoms with van der Waals surface area (Å²) in [6, 6.07) is 4.17. The molecular weight excluding hydrogens is 262 g/mol. The third kappa shape index (κ3) is 3.69. The monoisotopic (exact) mass is 277 g/mol. The van der Waals surface area contributed by atoms with Crippen LogP contribution in [0.5, 0.6) is 0 Å². The van der Waals surface area contributed by atoms with Crippen LogP contribution >= 0.6 is 22.7 Å². The lowest BCUT2D eigenvalue weighted by atomic mass is 10.2. The van der Waals surface area contributed by atoms with Gasteiger partial charge in [-0.25, -0.2) is 0 Å². The first-order chi connectivity index (χ1) is 8.79. The smallest absolute Gasteiger partial charge is 0.104 e. The third-order valence-corrected chi connectivity index (χ3v) is 4.13. The van der Waals surface area contributed by atoms with Gasteiger partial charge in [-0.05, 0) is 40.9 Å². The molecule has 2 heterocycles. The van der Waals surface area contributed by atoms with Crippen molar-refractivity contribution in [1.29, 1.82) is 0 Å². The van der Waals surface area contributed by atoms with Crippen LogP contribution in [0.15, 0.2) is 28.3 Å². The van der Waals surface area contributed by atoms with Crippen LogP contribution in [-0.4, -0.2) is 23.7 Å². The molecule has 0 saturated carbocycles. The average Bonchev–Trinajstić information content (AvgIpc) is 2.98. The first-order valence-corrected chi connectivity index (χ1v) is 7.47. The zero-order chi connectivity index (χ0) is 12.8. The van der Waals surface area contributed by atoms with Gasteiger partial charge in [0.05, 0.1) is 0 Å². The number of aliphatic hydroxyl groups is 1. The Morgan fingerprint density at radius 2 is 2.17 bits per heavy atom. The van der Waals surface area contributed by atoms with E-state index in [0.717, 1.165) is 18.7 Å². The first kappa shape index (κ1) is 13.3. The van der Waals surface area contributed by atoms with Gasteiger partial charge in [-0.15, -0.1) is 11.3 Å². The second kappa shape index (κ2) is 6.72. The molecule has 0 aliphatic heterocycles. The van der Waals surface area contributed by atoms with Crippen molar-refractivity contribution in [1.82, 2.24) is 4.90 Å². The van der Waals surface area contributed by atoms with Crippen molar-refractivity contribution in [3.8, 4) is 11.8 Å². The Morgan fingerprint density at radius 3 is 2.89 bits per heavy atom. The van der Waals surface area contributed by atoms with Crippen LogP contribution in [0.2, 0.25) is 0 Å². The summed E-state index contributed by atoms with van der Waals surface area (Å²) in [7, 11) is 2.11. The summed E-state index contributed by atoms with van der Waals surface area (Å²) in [4.78, 5) is 3.53. The van der Waals surface area contributed by atoms with E-state index in [9.17, 15) is 0 Å². The Morgan fingerprint density at radius 1 is 1.28 bits per heavy atom. The van der Waals surface area contributed by atoms with Gasteiger partial charge in [0.15, 0.2) is 0 Å². The number of hydrogen-bond acceptors (Lipinski definition) is 4. The summed E-state index contributed by atoms with van der Waals surface area (Å²) < 4.78 is 0. The Bertz CT molecular complexity index is 534. The van der Waals surface area contributed by atoms with Crippen molar-refractivity contribution >= 4 is 22.7 Å². The zero-order valence-electron chi connectivity index (χ0n) is 10.2. The molecule has 0 spiro atoms. The number of thiophene rings is 2. The molecule has 4 heteroatoms. The van der Waals surface area contributed by atoms with E-state index < -0.39 is 0 Å². The molecule has 0 amide bonds. The van der Waals surface area contributed by atoms with E-state index in [-0.39, 0.29) is 6.61 Å². The van der Waals surface area contributed by atoms with Gasteiger partial charge in [0.25, 0.3) is 0 Å². The first-order valence-electron chi connectivity index (χ1n) is 5.65. The van der Waals surface area contributed by atoms with E-state index in [2.05, 4.69) is 46.0 Å². The van der Waals surface area contributed by atoms with E-state index >= 15 is 0 Å². The average molecular weight is 277 g/mol. The molecule has 2 aromatic heterocycles. The third-order valence-electron chi connectivity index (χ3n) is 2.49. The summed E-state index contributed by atoms with van der Waals surface area (Å²) in [5.74, 6) is 5.70. The molecule has 0 radical (unpaired) electrons. The van der Waals surface area contributed by atoms with Gasteiger partial charge < -0.3 is 5.11 Å². The minimum atomic E-state index is -0.0833. The zero-order valence-corrected chi connectivity index (χ0v) is 11.9. The van der Waals surface area contributed by atoms with Gasteiger partial charge >= 0.3 is 0 Å². The minimum Gasteiger partial charge on any atom is -0.384 e. The van der Waals surface area contributed by atoms with Crippen molar-refractivity contribution in [2.24, 2.45) is 0 Å². The van der Waals surface area contributed by atoms with Gasteiger partial charge in [-0.2, -0.15) is 11.3 Å². The molecule has 94 valence electrons. The molecule has 0 fully saturated rings. The van der Waals surface area contributed by atoms with Crippen molar-refractivity contribution in [2.75, 3.05) is 13.7 Å². The Labute approximate surface area is 116 Å². The Kier molecular flexibility index (Phi) is 4.97.